The van der Waals surface area contributed by atoms with Crippen molar-refractivity contribution < 1.29 is 80.2 Å². The van der Waals surface area contributed by atoms with Crippen LogP contribution in [0.1, 0.15) is 324 Å². The molecule has 5 atom stereocenters. The molecular formula is C72H132O17P2. The number of unbranched alkanes of at least 4 members (excludes halogenated alkanes) is 34. The lowest BCUT2D eigenvalue weighted by Crippen LogP contribution is -2.30. The second-order valence-corrected chi connectivity index (χ2v) is 28.0. The Hall–Kier alpha value is -2.98. The first-order valence-electron chi connectivity index (χ1n) is 36.3. The number of carbonyl (C=O) groups is 4. The van der Waals surface area contributed by atoms with E-state index in [4.69, 9.17) is 37.0 Å². The molecule has 0 aliphatic carbocycles. The fraction of sp³-hybridized carbons (Fsp3) is 0.833. The summed E-state index contributed by atoms with van der Waals surface area (Å²) >= 11 is 0. The van der Waals surface area contributed by atoms with Crippen LogP contribution in [0.2, 0.25) is 0 Å². The quantitative estimate of drug-likeness (QED) is 0.0169. The van der Waals surface area contributed by atoms with Crippen LogP contribution in [0.25, 0.3) is 0 Å². The molecule has 17 nitrogen and oxygen atoms in total. The maximum absolute atomic E-state index is 13.0. The summed E-state index contributed by atoms with van der Waals surface area (Å²) in [5.41, 5.74) is 0. The Labute approximate surface area is 553 Å². The number of esters is 4. The van der Waals surface area contributed by atoms with Gasteiger partial charge in [0.15, 0.2) is 12.2 Å². The molecule has 0 fully saturated rings. The molecule has 3 N–H and O–H groups in total. The van der Waals surface area contributed by atoms with Gasteiger partial charge >= 0.3 is 39.5 Å². The lowest BCUT2D eigenvalue weighted by atomic mass is 10.0. The molecule has 0 aliphatic heterocycles. The summed E-state index contributed by atoms with van der Waals surface area (Å²) in [6.45, 7) is 7.07. The van der Waals surface area contributed by atoms with E-state index < -0.39 is 97.5 Å². The lowest BCUT2D eigenvalue weighted by Gasteiger charge is -2.21. The smallest absolute Gasteiger partial charge is 0.462 e. The highest BCUT2D eigenvalue weighted by molar-refractivity contribution is 7.47. The fourth-order valence-electron chi connectivity index (χ4n) is 9.92. The summed E-state index contributed by atoms with van der Waals surface area (Å²) < 4.78 is 68.2. The summed E-state index contributed by atoms with van der Waals surface area (Å²) in [6.07, 6.45) is 57.1. The zero-order chi connectivity index (χ0) is 67.0. The molecule has 0 saturated heterocycles. The first-order valence-corrected chi connectivity index (χ1v) is 39.3. The third kappa shape index (κ3) is 65.5. The number of aliphatic hydroxyl groups excluding tert-OH is 1. The molecular weight excluding hydrogens is 1200 g/mol. The average Bonchev–Trinajstić information content (AvgIpc) is 3.70. The van der Waals surface area contributed by atoms with Gasteiger partial charge in [-0.05, 0) is 83.0 Å². The normalized spacial score (nSPS) is 14.4. The molecule has 0 heterocycles. The van der Waals surface area contributed by atoms with Crippen molar-refractivity contribution in [3.63, 3.8) is 0 Å². The van der Waals surface area contributed by atoms with E-state index in [1.54, 1.807) is 0 Å². The van der Waals surface area contributed by atoms with Crippen molar-refractivity contribution >= 4 is 39.5 Å². The van der Waals surface area contributed by atoms with Gasteiger partial charge in [-0.2, -0.15) is 0 Å². The van der Waals surface area contributed by atoms with Crippen LogP contribution >= 0.6 is 15.6 Å². The van der Waals surface area contributed by atoms with Gasteiger partial charge in [0.2, 0.25) is 0 Å². The predicted octanol–water partition coefficient (Wildman–Crippen LogP) is 20.0. The van der Waals surface area contributed by atoms with Gasteiger partial charge in [0.1, 0.15) is 19.3 Å². The maximum atomic E-state index is 13.0. The highest BCUT2D eigenvalue weighted by atomic mass is 31.2. The summed E-state index contributed by atoms with van der Waals surface area (Å²) in [5, 5.41) is 10.6. The van der Waals surface area contributed by atoms with Gasteiger partial charge < -0.3 is 33.8 Å². The Balaban J connectivity index is 5.32. The third-order valence-corrected chi connectivity index (χ3v) is 17.4. The predicted molar refractivity (Wildman–Crippen MR) is 367 cm³/mol. The summed E-state index contributed by atoms with van der Waals surface area (Å²) in [5.74, 6) is -1.47. The molecule has 0 aliphatic rings. The number of phosphoric ester groups is 2. The molecule has 19 heteroatoms. The Morgan fingerprint density at radius 2 is 0.593 bits per heavy atom. The largest absolute Gasteiger partial charge is 0.472 e. The molecule has 2 unspecified atom stereocenters. The Morgan fingerprint density at radius 3 is 0.901 bits per heavy atom. The minimum atomic E-state index is -4.97. The van der Waals surface area contributed by atoms with Gasteiger partial charge in [-0.1, -0.05) is 269 Å². The molecule has 0 bridgehead atoms. The highest BCUT2D eigenvalue weighted by Crippen LogP contribution is 2.45. The van der Waals surface area contributed by atoms with Crippen LogP contribution in [0.5, 0.6) is 0 Å². The third-order valence-electron chi connectivity index (χ3n) is 15.5. The van der Waals surface area contributed by atoms with E-state index in [1.807, 2.05) is 0 Å². The van der Waals surface area contributed by atoms with Gasteiger partial charge in [0, 0.05) is 25.7 Å². The SMILES string of the molecule is CCCCCC/C=C\C=C/CCCCCCCC(=O)OC[C@H](COP(=O)(O)OC[C@@H](O)COP(=O)(O)OC[C@@H](COC(=O)CCCCCCCCCCCC)OC(=O)CCCCCCCCCCC(C)C)OC(=O)CCCCCCC/C=C\C=C/CCCCCC. The molecule has 0 saturated carbocycles. The Kier molecular flexibility index (Phi) is 62.3. The minimum Gasteiger partial charge on any atom is -0.462 e. The van der Waals surface area contributed by atoms with E-state index in [2.05, 4.69) is 83.2 Å². The van der Waals surface area contributed by atoms with Crippen LogP contribution < -0.4 is 0 Å². The fourth-order valence-corrected chi connectivity index (χ4v) is 11.5. The maximum Gasteiger partial charge on any atom is 0.472 e. The van der Waals surface area contributed by atoms with Crippen LogP contribution in [0.15, 0.2) is 48.6 Å². The topological polar surface area (TPSA) is 237 Å². The van der Waals surface area contributed by atoms with Crippen LogP contribution in [-0.4, -0.2) is 96.7 Å². The second kappa shape index (κ2) is 64.4. The molecule has 0 rings (SSSR count). The van der Waals surface area contributed by atoms with Crippen molar-refractivity contribution in [1.29, 1.82) is 0 Å². The Bertz CT molecular complexity index is 1940. The number of ether oxygens (including phenoxy) is 4. The molecule has 0 spiro atoms. The molecule has 0 amide bonds. The molecule has 0 aromatic rings. The molecule has 0 radical (unpaired) electrons. The number of allylic oxidation sites excluding steroid dienone is 8. The molecule has 91 heavy (non-hydrogen) atoms. The van der Waals surface area contributed by atoms with Crippen molar-refractivity contribution in [2.24, 2.45) is 5.92 Å². The highest BCUT2D eigenvalue weighted by Gasteiger charge is 2.30. The van der Waals surface area contributed by atoms with E-state index in [9.17, 15) is 43.2 Å². The first kappa shape index (κ1) is 88.0. The van der Waals surface area contributed by atoms with Gasteiger partial charge in [-0.15, -0.1) is 0 Å². The van der Waals surface area contributed by atoms with Gasteiger partial charge in [-0.3, -0.25) is 37.3 Å². The number of hydrogen-bond acceptors (Lipinski definition) is 15. The number of phosphoric acid groups is 2. The average molecular weight is 1330 g/mol. The van der Waals surface area contributed by atoms with Gasteiger partial charge in [0.05, 0.1) is 26.4 Å². The van der Waals surface area contributed by atoms with Crippen molar-refractivity contribution in [2.75, 3.05) is 39.6 Å². The molecule has 532 valence electrons. The number of rotatable bonds is 68. The summed E-state index contributed by atoms with van der Waals surface area (Å²) in [7, 11) is -9.93. The van der Waals surface area contributed by atoms with E-state index >= 15 is 0 Å². The molecule has 0 aromatic carbocycles. The monoisotopic (exact) mass is 1330 g/mol. The van der Waals surface area contributed by atoms with Crippen molar-refractivity contribution in [1.82, 2.24) is 0 Å². The summed E-state index contributed by atoms with van der Waals surface area (Å²) in [6, 6.07) is 0. The minimum absolute atomic E-state index is 0.0781. The standard InChI is InChI=1S/C72H132O17P2/c1-6-9-12-15-18-21-24-26-28-30-32-35-41-46-51-56-70(75)83-61-67(88-71(76)57-52-47-42-36-33-31-29-27-25-22-19-16-13-10-7-2)63-86-90(78,79)84-59-66(73)60-85-91(80,81)87-64-68(62-82-69(74)55-50-45-40-34-23-20-17-14-11-8-3)89-72(77)58-53-48-43-38-37-39-44-49-54-65(4)5/h21-22,24-29,65-68,73H,6-20,23,30-64H2,1-5H3,(H,78,79)(H,80,81)/b24-21-,25-22-,28-26-,29-27-/t66-,67-,68-/m1/s1. The second-order valence-electron chi connectivity index (χ2n) is 25.1. The van der Waals surface area contributed by atoms with Crippen molar-refractivity contribution in [3.05, 3.63) is 48.6 Å². The Morgan fingerprint density at radius 1 is 0.341 bits per heavy atom. The van der Waals surface area contributed by atoms with Crippen LogP contribution in [0.3, 0.4) is 0 Å². The number of aliphatic hydroxyl groups is 1. The molecule has 0 aromatic heterocycles. The summed E-state index contributed by atoms with van der Waals surface area (Å²) in [4.78, 5) is 72.5. The number of hydrogen-bond donors (Lipinski definition) is 3. The van der Waals surface area contributed by atoms with E-state index in [-0.39, 0.29) is 25.7 Å². The zero-order valence-electron chi connectivity index (χ0n) is 57.9. The first-order chi connectivity index (χ1) is 44.0. The van der Waals surface area contributed by atoms with Gasteiger partial charge in [-0.25, -0.2) is 9.13 Å². The van der Waals surface area contributed by atoms with Gasteiger partial charge in [0.25, 0.3) is 0 Å². The van der Waals surface area contributed by atoms with E-state index in [0.29, 0.717) is 31.6 Å². The lowest BCUT2D eigenvalue weighted by molar-refractivity contribution is -0.161. The van der Waals surface area contributed by atoms with Crippen molar-refractivity contribution in [2.45, 2.75) is 342 Å². The van der Waals surface area contributed by atoms with Crippen LogP contribution in [0.4, 0.5) is 0 Å². The van der Waals surface area contributed by atoms with Crippen LogP contribution in [0, 0.1) is 5.92 Å². The van der Waals surface area contributed by atoms with E-state index in [0.717, 1.165) is 122 Å². The van der Waals surface area contributed by atoms with Crippen molar-refractivity contribution in [3.8, 4) is 0 Å². The van der Waals surface area contributed by atoms with Crippen LogP contribution in [-0.2, 0) is 65.4 Å². The number of carbonyl (C=O) groups excluding carboxylic acids is 4. The van der Waals surface area contributed by atoms with E-state index in [1.165, 1.54) is 116 Å². The zero-order valence-corrected chi connectivity index (χ0v) is 59.7.